The van der Waals surface area contributed by atoms with Gasteiger partial charge in [-0.2, -0.15) is 0 Å². The van der Waals surface area contributed by atoms with Gasteiger partial charge in [0.15, 0.2) is 5.13 Å². The third-order valence-corrected chi connectivity index (χ3v) is 3.94. The Morgan fingerprint density at radius 3 is 2.78 bits per heavy atom. The minimum atomic E-state index is -0.494. The van der Waals surface area contributed by atoms with E-state index < -0.39 is 6.03 Å². The van der Waals surface area contributed by atoms with Crippen LogP contribution in [-0.2, 0) is 16.0 Å². The number of esters is 1. The number of aromatic nitrogens is 1. The van der Waals surface area contributed by atoms with E-state index in [1.54, 1.807) is 24.4 Å². The topological polar surface area (TPSA) is 80.3 Å². The number of nitrogens with zero attached hydrogens (tertiary/aromatic N) is 1. The number of carbonyl (C=O) groups is 2. The van der Waals surface area contributed by atoms with E-state index in [4.69, 9.17) is 27.9 Å². The molecule has 2 rings (SSSR count). The summed E-state index contributed by atoms with van der Waals surface area (Å²) in [6, 6.07) is 4.24. The lowest BCUT2D eigenvalue weighted by Crippen LogP contribution is -2.19. The number of amides is 2. The Kier molecular flexibility index (Phi) is 6.20. The van der Waals surface area contributed by atoms with Crippen molar-refractivity contribution in [3.63, 3.8) is 0 Å². The largest absolute Gasteiger partial charge is 0.466 e. The van der Waals surface area contributed by atoms with Gasteiger partial charge in [-0.1, -0.05) is 23.2 Å². The fraction of sp³-hybridized carbons (Fsp3) is 0.214. The SMILES string of the molecule is CCOC(=O)Cc1csc(NC(=O)Nc2ccc(Cl)cc2Cl)n1. The summed E-state index contributed by atoms with van der Waals surface area (Å²) in [5, 5.41) is 8.02. The van der Waals surface area contributed by atoms with Crippen LogP contribution in [0.1, 0.15) is 12.6 Å². The Morgan fingerprint density at radius 1 is 1.30 bits per heavy atom. The molecule has 1 aromatic carbocycles. The molecule has 23 heavy (non-hydrogen) atoms. The molecule has 0 spiro atoms. The van der Waals surface area contributed by atoms with Gasteiger partial charge >= 0.3 is 12.0 Å². The number of halogens is 2. The Balaban J connectivity index is 1.93. The molecule has 0 bridgehead atoms. The van der Waals surface area contributed by atoms with Crippen LogP contribution >= 0.6 is 34.5 Å². The van der Waals surface area contributed by atoms with E-state index in [1.807, 2.05) is 0 Å². The number of nitrogens with one attached hydrogen (secondary N) is 2. The third kappa shape index (κ3) is 5.38. The molecule has 0 aliphatic carbocycles. The number of thiazole rings is 1. The molecular weight excluding hydrogens is 361 g/mol. The van der Waals surface area contributed by atoms with Crippen molar-refractivity contribution in [2.45, 2.75) is 13.3 Å². The Bertz CT molecular complexity index is 721. The van der Waals surface area contributed by atoms with E-state index in [9.17, 15) is 9.59 Å². The summed E-state index contributed by atoms with van der Waals surface area (Å²) in [4.78, 5) is 27.4. The number of hydrogen-bond donors (Lipinski definition) is 2. The Morgan fingerprint density at radius 2 is 2.09 bits per heavy atom. The first-order valence-electron chi connectivity index (χ1n) is 6.61. The number of anilines is 2. The van der Waals surface area contributed by atoms with E-state index >= 15 is 0 Å². The van der Waals surface area contributed by atoms with Crippen LogP contribution in [0.5, 0.6) is 0 Å². The number of urea groups is 1. The third-order valence-electron chi connectivity index (χ3n) is 2.58. The van der Waals surface area contributed by atoms with Gasteiger partial charge in [0.1, 0.15) is 0 Å². The molecule has 2 amide bonds. The summed E-state index contributed by atoms with van der Waals surface area (Å²) < 4.78 is 4.84. The zero-order chi connectivity index (χ0) is 16.8. The van der Waals surface area contributed by atoms with Gasteiger partial charge in [-0.3, -0.25) is 10.1 Å². The first kappa shape index (κ1) is 17.5. The molecule has 6 nitrogen and oxygen atoms in total. The number of carbonyl (C=O) groups excluding carboxylic acids is 2. The van der Waals surface area contributed by atoms with Gasteiger partial charge in [-0.25, -0.2) is 9.78 Å². The van der Waals surface area contributed by atoms with Crippen LogP contribution in [0.25, 0.3) is 0 Å². The molecule has 0 fully saturated rings. The van der Waals surface area contributed by atoms with Crippen LogP contribution in [0.15, 0.2) is 23.6 Å². The van der Waals surface area contributed by atoms with Gasteiger partial charge in [0.05, 0.1) is 29.4 Å². The van der Waals surface area contributed by atoms with E-state index in [1.165, 1.54) is 17.4 Å². The van der Waals surface area contributed by atoms with Crippen molar-refractivity contribution in [3.05, 3.63) is 39.3 Å². The second-order valence-electron chi connectivity index (χ2n) is 4.33. The molecule has 1 heterocycles. The molecule has 0 aliphatic rings. The zero-order valence-electron chi connectivity index (χ0n) is 12.1. The summed E-state index contributed by atoms with van der Waals surface area (Å²) in [5.74, 6) is -0.359. The highest BCUT2D eigenvalue weighted by Gasteiger charge is 2.11. The minimum absolute atomic E-state index is 0.0661. The molecule has 0 unspecified atom stereocenters. The first-order chi connectivity index (χ1) is 11.0. The van der Waals surface area contributed by atoms with Crippen LogP contribution < -0.4 is 10.6 Å². The molecule has 0 radical (unpaired) electrons. The lowest BCUT2D eigenvalue weighted by atomic mass is 10.3. The maximum atomic E-state index is 11.9. The minimum Gasteiger partial charge on any atom is -0.466 e. The van der Waals surface area contributed by atoms with Crippen molar-refractivity contribution in [1.29, 1.82) is 0 Å². The summed E-state index contributed by atoms with van der Waals surface area (Å²) in [6.45, 7) is 2.05. The molecule has 2 aromatic rings. The summed E-state index contributed by atoms with van der Waals surface area (Å²) >= 11 is 13.0. The van der Waals surface area contributed by atoms with Crippen LogP contribution in [-0.4, -0.2) is 23.6 Å². The van der Waals surface area contributed by atoms with E-state index in [-0.39, 0.29) is 12.4 Å². The number of benzene rings is 1. The molecule has 0 saturated heterocycles. The molecule has 0 saturated carbocycles. The smallest absolute Gasteiger partial charge is 0.325 e. The maximum absolute atomic E-state index is 11.9. The maximum Gasteiger partial charge on any atom is 0.325 e. The number of rotatable bonds is 5. The normalized spacial score (nSPS) is 10.2. The van der Waals surface area contributed by atoms with Crippen LogP contribution in [0.2, 0.25) is 10.0 Å². The lowest BCUT2D eigenvalue weighted by Gasteiger charge is -2.07. The van der Waals surface area contributed by atoms with E-state index in [0.29, 0.717) is 33.2 Å². The first-order valence-corrected chi connectivity index (χ1v) is 8.24. The fourth-order valence-electron chi connectivity index (χ4n) is 1.65. The molecule has 2 N–H and O–H groups in total. The molecular formula is C14H13Cl2N3O3S. The van der Waals surface area contributed by atoms with E-state index in [0.717, 1.165) is 0 Å². The summed E-state index contributed by atoms with van der Waals surface area (Å²) in [6.07, 6.45) is 0.0661. The van der Waals surface area contributed by atoms with Crippen molar-refractivity contribution in [1.82, 2.24) is 4.98 Å². The van der Waals surface area contributed by atoms with Gasteiger partial charge in [0, 0.05) is 10.4 Å². The quantitative estimate of drug-likeness (QED) is 0.769. The molecule has 1 aromatic heterocycles. The highest BCUT2D eigenvalue weighted by Crippen LogP contribution is 2.25. The Hall–Kier alpha value is -1.83. The number of ether oxygens (including phenoxy) is 1. The standard InChI is InChI=1S/C14H13Cl2N3O3S/c1-2-22-12(20)6-9-7-23-14(17-9)19-13(21)18-11-4-3-8(15)5-10(11)16/h3-5,7H,2,6H2,1H3,(H2,17,18,19,21). The molecule has 0 atom stereocenters. The highest BCUT2D eigenvalue weighted by molar-refractivity contribution is 7.14. The van der Waals surface area contributed by atoms with Crippen molar-refractivity contribution in [2.75, 3.05) is 17.2 Å². The van der Waals surface area contributed by atoms with Gasteiger partial charge in [-0.15, -0.1) is 11.3 Å². The predicted molar refractivity (Wildman–Crippen MR) is 91.6 cm³/mol. The average molecular weight is 374 g/mol. The summed E-state index contributed by atoms with van der Waals surface area (Å²) in [5.41, 5.74) is 0.963. The fourth-order valence-corrected chi connectivity index (χ4v) is 2.81. The summed E-state index contributed by atoms with van der Waals surface area (Å²) in [7, 11) is 0. The molecule has 0 aliphatic heterocycles. The van der Waals surface area contributed by atoms with Gasteiger partial charge in [-0.05, 0) is 25.1 Å². The monoisotopic (exact) mass is 373 g/mol. The molecule has 122 valence electrons. The second-order valence-corrected chi connectivity index (χ2v) is 6.03. The van der Waals surface area contributed by atoms with Gasteiger partial charge in [0.25, 0.3) is 0 Å². The predicted octanol–water partition coefficient (Wildman–Crippen LogP) is 4.20. The van der Waals surface area contributed by atoms with Crippen LogP contribution in [0, 0.1) is 0 Å². The average Bonchev–Trinajstić information content (AvgIpc) is 2.89. The lowest BCUT2D eigenvalue weighted by molar-refractivity contribution is -0.142. The number of hydrogen-bond acceptors (Lipinski definition) is 5. The zero-order valence-corrected chi connectivity index (χ0v) is 14.4. The molecule has 9 heteroatoms. The van der Waals surface area contributed by atoms with Gasteiger partial charge in [0.2, 0.25) is 0 Å². The van der Waals surface area contributed by atoms with Crippen molar-refractivity contribution >= 4 is 57.4 Å². The highest BCUT2D eigenvalue weighted by atomic mass is 35.5. The second kappa shape index (κ2) is 8.14. The van der Waals surface area contributed by atoms with Crippen LogP contribution in [0.4, 0.5) is 15.6 Å². The van der Waals surface area contributed by atoms with E-state index in [2.05, 4.69) is 15.6 Å². The Labute approximate surface area is 146 Å². The van der Waals surface area contributed by atoms with Crippen LogP contribution in [0.3, 0.4) is 0 Å². The van der Waals surface area contributed by atoms with Crippen molar-refractivity contribution in [2.24, 2.45) is 0 Å². The van der Waals surface area contributed by atoms with Crippen molar-refractivity contribution in [3.8, 4) is 0 Å². The van der Waals surface area contributed by atoms with Gasteiger partial charge < -0.3 is 10.1 Å². The van der Waals surface area contributed by atoms with Crippen molar-refractivity contribution < 1.29 is 14.3 Å².